The maximum atomic E-state index is 13.2. The summed E-state index contributed by atoms with van der Waals surface area (Å²) in [4.78, 5) is 18.7. The van der Waals surface area contributed by atoms with E-state index in [0.717, 1.165) is 30.2 Å². The van der Waals surface area contributed by atoms with E-state index in [4.69, 9.17) is 0 Å². The van der Waals surface area contributed by atoms with Gasteiger partial charge >= 0.3 is 6.18 Å². The number of nitrogens with one attached hydrogen (secondary N) is 1. The second kappa shape index (κ2) is 10.7. The summed E-state index contributed by atoms with van der Waals surface area (Å²) in [6, 6.07) is 9.27. The minimum atomic E-state index is -4.36. The van der Waals surface area contributed by atoms with Gasteiger partial charge < -0.3 is 10.2 Å². The molecule has 1 aliphatic heterocycles. The van der Waals surface area contributed by atoms with E-state index in [1.54, 1.807) is 24.4 Å². The fourth-order valence-electron chi connectivity index (χ4n) is 3.81. The molecule has 4 nitrogen and oxygen atoms in total. The van der Waals surface area contributed by atoms with Crippen molar-refractivity contribution in [3.05, 3.63) is 65.0 Å². The molecule has 32 heavy (non-hydrogen) atoms. The Morgan fingerprint density at radius 3 is 2.50 bits per heavy atom. The summed E-state index contributed by atoms with van der Waals surface area (Å²) < 4.78 is 39.7. The van der Waals surface area contributed by atoms with Crippen molar-refractivity contribution in [3.8, 4) is 0 Å². The molecule has 1 amide bonds. The predicted octanol–water partition coefficient (Wildman–Crippen LogP) is 5.95. The molecule has 0 saturated carbocycles. The number of anilines is 1. The summed E-state index contributed by atoms with van der Waals surface area (Å²) in [7, 11) is 0. The maximum Gasteiger partial charge on any atom is 0.416 e. The number of aromatic nitrogens is 1. The first-order valence-corrected chi connectivity index (χ1v) is 11.1. The number of benzene rings is 1. The quantitative estimate of drug-likeness (QED) is 0.536. The molecule has 1 aromatic heterocycles. The zero-order valence-electron chi connectivity index (χ0n) is 18.6. The number of carbonyl (C=O) groups is 1. The molecule has 1 saturated heterocycles. The lowest BCUT2D eigenvalue weighted by Crippen LogP contribution is -2.31. The van der Waals surface area contributed by atoms with Crippen molar-refractivity contribution in [3.63, 3.8) is 0 Å². The summed E-state index contributed by atoms with van der Waals surface area (Å²) in [5.74, 6) is 0.441. The van der Waals surface area contributed by atoms with Crippen LogP contribution in [0, 0.1) is 5.92 Å². The number of halogens is 3. The van der Waals surface area contributed by atoms with E-state index in [-0.39, 0.29) is 11.5 Å². The van der Waals surface area contributed by atoms with E-state index in [2.05, 4.69) is 29.0 Å². The zero-order chi connectivity index (χ0) is 23.1. The number of nitrogens with zero attached hydrogens (tertiary/aromatic N) is 2. The first-order valence-electron chi connectivity index (χ1n) is 11.1. The molecule has 3 rings (SSSR count). The number of amides is 1. The number of piperidine rings is 1. The molecule has 2 heterocycles. The van der Waals surface area contributed by atoms with Gasteiger partial charge in [-0.2, -0.15) is 13.2 Å². The van der Waals surface area contributed by atoms with Gasteiger partial charge in [-0.1, -0.05) is 43.7 Å². The first kappa shape index (κ1) is 23.8. The summed E-state index contributed by atoms with van der Waals surface area (Å²) in [5.41, 5.74) is 1.92. The average Bonchev–Trinajstić information content (AvgIpc) is 2.77. The second-order valence-corrected chi connectivity index (χ2v) is 8.57. The van der Waals surface area contributed by atoms with Crippen LogP contribution in [0.15, 0.2) is 48.2 Å². The highest BCUT2D eigenvalue weighted by Crippen LogP contribution is 2.34. The number of pyridine rings is 1. The lowest BCUT2D eigenvalue weighted by atomic mass is 9.98. The molecular weight excluding hydrogens is 415 g/mol. The molecule has 2 aromatic rings. The standard InChI is InChI=1S/C25H30F3N3O/c1-18(2)6-5-13-29-24(32)23-10-9-21(17-30-23)31-14-11-19(12-15-31)16-20-7-3-4-8-22(20)25(26,27)28/h3-4,7-10,16-18H,5-6,11-15H2,1-2H3,(H,29,32). The third-order valence-electron chi connectivity index (χ3n) is 5.62. The molecule has 1 aromatic carbocycles. The van der Waals surface area contributed by atoms with Crippen molar-refractivity contribution < 1.29 is 18.0 Å². The van der Waals surface area contributed by atoms with E-state index < -0.39 is 11.7 Å². The highest BCUT2D eigenvalue weighted by molar-refractivity contribution is 5.92. The summed E-state index contributed by atoms with van der Waals surface area (Å²) in [6.45, 7) is 6.34. The Kier molecular flexibility index (Phi) is 7.94. The van der Waals surface area contributed by atoms with Gasteiger partial charge in [0, 0.05) is 19.6 Å². The number of carbonyl (C=O) groups excluding carboxylic acids is 1. The Balaban J connectivity index is 1.56. The van der Waals surface area contributed by atoms with E-state index in [1.807, 2.05) is 6.07 Å². The summed E-state index contributed by atoms with van der Waals surface area (Å²) >= 11 is 0. The van der Waals surface area contributed by atoms with E-state index in [1.165, 1.54) is 12.1 Å². The Hall–Kier alpha value is -2.83. The Labute approximate surface area is 187 Å². The third kappa shape index (κ3) is 6.58. The van der Waals surface area contributed by atoms with Gasteiger partial charge in [0.1, 0.15) is 5.69 Å². The lowest BCUT2D eigenvalue weighted by molar-refractivity contribution is -0.137. The molecule has 0 radical (unpaired) electrons. The molecule has 1 fully saturated rings. The van der Waals surface area contributed by atoms with E-state index in [0.29, 0.717) is 44.1 Å². The molecular formula is C25H30F3N3O. The van der Waals surface area contributed by atoms with Gasteiger partial charge in [0.15, 0.2) is 0 Å². The minimum Gasteiger partial charge on any atom is -0.370 e. The summed E-state index contributed by atoms with van der Waals surface area (Å²) in [6.07, 6.45) is 2.39. The lowest BCUT2D eigenvalue weighted by Gasteiger charge is -2.30. The van der Waals surface area contributed by atoms with Crippen LogP contribution in [0.1, 0.15) is 61.1 Å². The molecule has 0 unspecified atom stereocenters. The first-order chi connectivity index (χ1) is 15.2. The van der Waals surface area contributed by atoms with Crippen molar-refractivity contribution in [1.82, 2.24) is 10.3 Å². The largest absolute Gasteiger partial charge is 0.416 e. The molecule has 0 atom stereocenters. The van der Waals surface area contributed by atoms with Crippen LogP contribution in [-0.4, -0.2) is 30.5 Å². The fraction of sp³-hybridized carbons (Fsp3) is 0.440. The van der Waals surface area contributed by atoms with Gasteiger partial charge in [0.05, 0.1) is 17.4 Å². The average molecular weight is 446 g/mol. The predicted molar refractivity (Wildman–Crippen MR) is 122 cm³/mol. The van der Waals surface area contributed by atoms with Gasteiger partial charge in [-0.25, -0.2) is 4.98 Å². The minimum absolute atomic E-state index is 0.174. The highest BCUT2D eigenvalue weighted by atomic mass is 19.4. The molecule has 0 aliphatic carbocycles. The molecule has 7 heteroatoms. The molecule has 172 valence electrons. The second-order valence-electron chi connectivity index (χ2n) is 8.57. The van der Waals surface area contributed by atoms with Gasteiger partial charge in [0.25, 0.3) is 5.91 Å². The normalized spacial score (nSPS) is 14.6. The molecule has 1 aliphatic rings. The number of hydrogen-bond acceptors (Lipinski definition) is 3. The monoisotopic (exact) mass is 445 g/mol. The molecule has 0 bridgehead atoms. The van der Waals surface area contributed by atoms with Gasteiger partial charge in [-0.05, 0) is 55.4 Å². The SMILES string of the molecule is CC(C)CCCNC(=O)c1ccc(N2CCC(=Cc3ccccc3C(F)(F)F)CC2)cn1. The van der Waals surface area contributed by atoms with Crippen LogP contribution in [-0.2, 0) is 6.18 Å². The van der Waals surface area contributed by atoms with Crippen LogP contribution in [0.3, 0.4) is 0 Å². The Morgan fingerprint density at radius 2 is 1.88 bits per heavy atom. The van der Waals surface area contributed by atoms with Crippen LogP contribution >= 0.6 is 0 Å². The van der Waals surface area contributed by atoms with Gasteiger partial charge in [-0.3, -0.25) is 4.79 Å². The third-order valence-corrected chi connectivity index (χ3v) is 5.62. The molecule has 0 spiro atoms. The molecule has 1 N–H and O–H groups in total. The zero-order valence-corrected chi connectivity index (χ0v) is 18.6. The van der Waals surface area contributed by atoms with Crippen LogP contribution in [0.2, 0.25) is 0 Å². The number of hydrogen-bond donors (Lipinski definition) is 1. The van der Waals surface area contributed by atoms with Crippen molar-refractivity contribution in [2.24, 2.45) is 5.92 Å². The fourth-order valence-corrected chi connectivity index (χ4v) is 3.81. The Bertz CT molecular complexity index is 926. The van der Waals surface area contributed by atoms with Crippen molar-refractivity contribution in [2.75, 3.05) is 24.5 Å². The Morgan fingerprint density at radius 1 is 1.16 bits per heavy atom. The smallest absolute Gasteiger partial charge is 0.370 e. The summed E-state index contributed by atoms with van der Waals surface area (Å²) in [5, 5.41) is 2.89. The van der Waals surface area contributed by atoms with Crippen LogP contribution in [0.25, 0.3) is 6.08 Å². The van der Waals surface area contributed by atoms with Crippen LogP contribution in [0.5, 0.6) is 0 Å². The van der Waals surface area contributed by atoms with Crippen molar-refractivity contribution in [2.45, 2.75) is 45.7 Å². The maximum absolute atomic E-state index is 13.2. The van der Waals surface area contributed by atoms with Crippen LogP contribution < -0.4 is 10.2 Å². The number of rotatable bonds is 7. The number of alkyl halides is 3. The van der Waals surface area contributed by atoms with Crippen LogP contribution in [0.4, 0.5) is 18.9 Å². The van der Waals surface area contributed by atoms with E-state index >= 15 is 0 Å². The van der Waals surface area contributed by atoms with Gasteiger partial charge in [0.2, 0.25) is 0 Å². The van der Waals surface area contributed by atoms with Gasteiger partial charge in [-0.15, -0.1) is 0 Å². The van der Waals surface area contributed by atoms with Crippen molar-refractivity contribution in [1.29, 1.82) is 0 Å². The van der Waals surface area contributed by atoms with E-state index in [9.17, 15) is 18.0 Å². The highest BCUT2D eigenvalue weighted by Gasteiger charge is 2.32. The topological polar surface area (TPSA) is 45.2 Å². The van der Waals surface area contributed by atoms with Crippen molar-refractivity contribution >= 4 is 17.7 Å².